The second kappa shape index (κ2) is 5.88. The summed E-state index contributed by atoms with van der Waals surface area (Å²) in [5.74, 6) is 0. The number of sulfonamides is 1. The van der Waals surface area contributed by atoms with Crippen LogP contribution in [0.25, 0.3) is 0 Å². The van der Waals surface area contributed by atoms with E-state index in [0.29, 0.717) is 23.6 Å². The second-order valence-corrected chi connectivity index (χ2v) is 7.70. The van der Waals surface area contributed by atoms with E-state index in [1.165, 1.54) is 15.6 Å². The van der Waals surface area contributed by atoms with E-state index < -0.39 is 10.0 Å². The van der Waals surface area contributed by atoms with Gasteiger partial charge >= 0.3 is 0 Å². The molecule has 19 heavy (non-hydrogen) atoms. The Morgan fingerprint density at radius 1 is 1.58 bits per heavy atom. The molecular weight excluding hydrogens is 286 g/mol. The number of rotatable bonds is 5. The maximum atomic E-state index is 12.5. The van der Waals surface area contributed by atoms with Crippen molar-refractivity contribution in [2.45, 2.75) is 37.4 Å². The van der Waals surface area contributed by atoms with Crippen molar-refractivity contribution in [1.82, 2.24) is 4.31 Å². The normalized spacial score (nSPS) is 20.3. The van der Waals surface area contributed by atoms with E-state index >= 15 is 0 Å². The molecule has 0 aromatic carbocycles. The number of aliphatic hydroxyl groups excluding tert-OH is 1. The van der Waals surface area contributed by atoms with Crippen LogP contribution < -0.4 is 0 Å². The molecule has 2 rings (SSSR count). The Labute approximate surface area is 117 Å². The average molecular weight is 305 g/mol. The predicted octanol–water partition coefficient (Wildman–Crippen LogP) is 1.35. The van der Waals surface area contributed by atoms with Crippen LogP contribution in [-0.4, -0.2) is 44.1 Å². The summed E-state index contributed by atoms with van der Waals surface area (Å²) in [6.07, 6.45) is 1.86. The third-order valence-electron chi connectivity index (χ3n) is 3.29. The van der Waals surface area contributed by atoms with Crippen LogP contribution >= 0.6 is 11.3 Å². The topological polar surface area (TPSA) is 66.8 Å². The van der Waals surface area contributed by atoms with Gasteiger partial charge in [0.25, 0.3) is 0 Å². The van der Waals surface area contributed by atoms with Crippen molar-refractivity contribution in [2.75, 3.05) is 20.2 Å². The number of ether oxygens (including phenoxy) is 1. The van der Waals surface area contributed by atoms with E-state index in [1.807, 2.05) is 0 Å². The highest BCUT2D eigenvalue weighted by atomic mass is 32.2. The quantitative estimate of drug-likeness (QED) is 0.891. The number of hydrogen-bond acceptors (Lipinski definition) is 5. The van der Waals surface area contributed by atoms with Crippen molar-refractivity contribution in [3.63, 3.8) is 0 Å². The lowest BCUT2D eigenvalue weighted by Crippen LogP contribution is -2.34. The van der Waals surface area contributed by atoms with Crippen LogP contribution in [0.1, 0.15) is 23.3 Å². The van der Waals surface area contributed by atoms with Gasteiger partial charge in [-0.2, -0.15) is 4.31 Å². The molecule has 1 saturated heterocycles. The second-order valence-electron chi connectivity index (χ2n) is 4.75. The van der Waals surface area contributed by atoms with E-state index in [-0.39, 0.29) is 17.6 Å². The minimum absolute atomic E-state index is 0.0173. The van der Waals surface area contributed by atoms with Crippen LogP contribution in [-0.2, 0) is 21.4 Å². The summed E-state index contributed by atoms with van der Waals surface area (Å²) < 4.78 is 31.9. The highest BCUT2D eigenvalue weighted by Crippen LogP contribution is 2.29. The number of thiophene rings is 1. The van der Waals surface area contributed by atoms with Crippen molar-refractivity contribution in [2.24, 2.45) is 0 Å². The molecule has 7 heteroatoms. The lowest BCUT2D eigenvalue weighted by Gasteiger charge is -2.21. The lowest BCUT2D eigenvalue weighted by atomic mass is 10.2. The van der Waals surface area contributed by atoms with E-state index in [0.717, 1.165) is 12.8 Å². The van der Waals surface area contributed by atoms with Gasteiger partial charge in [0.1, 0.15) is 4.90 Å². The molecule has 0 spiro atoms. The van der Waals surface area contributed by atoms with Crippen molar-refractivity contribution < 1.29 is 18.3 Å². The summed E-state index contributed by atoms with van der Waals surface area (Å²) in [6.45, 7) is 2.57. The third-order valence-corrected chi connectivity index (χ3v) is 6.56. The zero-order valence-electron chi connectivity index (χ0n) is 11.1. The van der Waals surface area contributed by atoms with Crippen LogP contribution in [0, 0.1) is 6.92 Å². The van der Waals surface area contributed by atoms with Crippen molar-refractivity contribution in [1.29, 1.82) is 0 Å². The average Bonchev–Trinajstić information content (AvgIpc) is 2.98. The van der Waals surface area contributed by atoms with E-state index in [1.54, 1.807) is 19.4 Å². The molecule has 2 heterocycles. The molecule has 0 radical (unpaired) electrons. The van der Waals surface area contributed by atoms with Crippen molar-refractivity contribution >= 4 is 21.4 Å². The van der Waals surface area contributed by atoms with E-state index in [2.05, 4.69) is 0 Å². The van der Waals surface area contributed by atoms with E-state index in [9.17, 15) is 13.5 Å². The Balaban J connectivity index is 2.22. The minimum Gasteiger partial charge on any atom is -0.391 e. The number of nitrogens with zero attached hydrogens (tertiary/aromatic N) is 1. The standard InChI is InChI=1S/C12H19NO4S2/c1-9-8-18-11(7-14)12(9)19(15,16)13(2)6-10-4-3-5-17-10/h8,10,14H,3-7H2,1-2H3. The van der Waals surface area contributed by atoms with Crippen LogP contribution in [0.4, 0.5) is 0 Å². The lowest BCUT2D eigenvalue weighted by molar-refractivity contribution is 0.0978. The summed E-state index contributed by atoms with van der Waals surface area (Å²) in [5, 5.41) is 11.0. The first-order valence-electron chi connectivity index (χ1n) is 6.22. The maximum absolute atomic E-state index is 12.5. The molecule has 1 unspecified atom stereocenters. The molecule has 0 saturated carbocycles. The van der Waals surface area contributed by atoms with Crippen LogP contribution in [0.15, 0.2) is 10.3 Å². The molecule has 108 valence electrons. The molecule has 1 aliphatic heterocycles. The highest BCUT2D eigenvalue weighted by Gasteiger charge is 2.29. The highest BCUT2D eigenvalue weighted by molar-refractivity contribution is 7.89. The van der Waals surface area contributed by atoms with Gasteiger partial charge in [-0.3, -0.25) is 0 Å². The van der Waals surface area contributed by atoms with Gasteiger partial charge in [0.2, 0.25) is 10.0 Å². The molecule has 0 amide bonds. The molecule has 1 N–H and O–H groups in total. The fourth-order valence-corrected chi connectivity index (χ4v) is 5.08. The Morgan fingerprint density at radius 3 is 2.89 bits per heavy atom. The predicted molar refractivity (Wildman–Crippen MR) is 73.8 cm³/mol. The molecule has 0 bridgehead atoms. The SMILES string of the molecule is Cc1csc(CO)c1S(=O)(=O)N(C)CC1CCCO1. The van der Waals surface area contributed by atoms with Gasteiger partial charge in [-0.15, -0.1) is 11.3 Å². The molecule has 5 nitrogen and oxygen atoms in total. The first-order valence-corrected chi connectivity index (χ1v) is 8.54. The smallest absolute Gasteiger partial charge is 0.244 e. The number of likely N-dealkylation sites (N-methyl/N-ethyl adjacent to an activating group) is 1. The van der Waals surface area contributed by atoms with Gasteiger partial charge in [0, 0.05) is 20.2 Å². The monoisotopic (exact) mass is 305 g/mol. The number of aryl methyl sites for hydroxylation is 1. The summed E-state index contributed by atoms with van der Waals surface area (Å²) in [4.78, 5) is 0.747. The Morgan fingerprint density at radius 2 is 2.32 bits per heavy atom. The van der Waals surface area contributed by atoms with Gasteiger partial charge in [-0.25, -0.2) is 8.42 Å². The van der Waals surface area contributed by atoms with Crippen LogP contribution in [0.5, 0.6) is 0 Å². The van der Waals surface area contributed by atoms with Crippen LogP contribution in [0.2, 0.25) is 0 Å². The van der Waals surface area contributed by atoms with Crippen LogP contribution in [0.3, 0.4) is 0 Å². The number of aliphatic hydroxyl groups is 1. The maximum Gasteiger partial charge on any atom is 0.244 e. The zero-order valence-corrected chi connectivity index (χ0v) is 12.8. The molecule has 1 aromatic heterocycles. The minimum atomic E-state index is -3.55. The van der Waals surface area contributed by atoms with Gasteiger partial charge < -0.3 is 9.84 Å². The summed E-state index contributed by atoms with van der Waals surface area (Å²) >= 11 is 1.28. The van der Waals surface area contributed by atoms with Gasteiger partial charge in [-0.05, 0) is 30.7 Å². The van der Waals surface area contributed by atoms with Gasteiger partial charge in [-0.1, -0.05) is 0 Å². The molecule has 1 fully saturated rings. The molecular formula is C12H19NO4S2. The largest absolute Gasteiger partial charge is 0.391 e. The van der Waals surface area contributed by atoms with Gasteiger partial charge in [0.15, 0.2) is 0 Å². The molecule has 1 atom stereocenters. The van der Waals surface area contributed by atoms with Crippen molar-refractivity contribution in [3.05, 3.63) is 15.8 Å². The third kappa shape index (κ3) is 3.00. The Kier molecular flexibility index (Phi) is 4.62. The molecule has 1 aromatic rings. The molecule has 0 aliphatic carbocycles. The summed E-state index contributed by atoms with van der Waals surface area (Å²) in [7, 11) is -1.99. The fourth-order valence-electron chi connectivity index (χ4n) is 2.27. The number of hydrogen-bond donors (Lipinski definition) is 1. The van der Waals surface area contributed by atoms with Gasteiger partial charge in [0.05, 0.1) is 17.6 Å². The first kappa shape index (κ1) is 14.9. The van der Waals surface area contributed by atoms with E-state index in [4.69, 9.17) is 4.74 Å². The first-order chi connectivity index (χ1) is 8.96. The Hall–Kier alpha value is -0.470. The van der Waals surface area contributed by atoms with Crippen molar-refractivity contribution in [3.8, 4) is 0 Å². The Bertz CT molecular complexity index is 532. The molecule has 1 aliphatic rings. The zero-order chi connectivity index (χ0) is 14.0. The fraction of sp³-hybridized carbons (Fsp3) is 0.667. The summed E-state index contributed by atoms with van der Waals surface area (Å²) in [6, 6.07) is 0. The summed E-state index contributed by atoms with van der Waals surface area (Å²) in [5.41, 5.74) is 0.688.